The largest absolute Gasteiger partial charge is 0.494 e. The lowest BCUT2D eigenvalue weighted by Gasteiger charge is -2.11. The topological polar surface area (TPSA) is 60.5 Å². The number of aromatic nitrogens is 1. The Morgan fingerprint density at radius 1 is 1.07 bits per heavy atom. The fourth-order valence-electron chi connectivity index (χ4n) is 3.04. The average molecular weight is 411 g/mol. The first kappa shape index (κ1) is 20.9. The van der Waals surface area contributed by atoms with E-state index in [9.17, 15) is 4.79 Å². The van der Waals surface area contributed by atoms with Crippen molar-refractivity contribution >= 4 is 22.4 Å². The van der Waals surface area contributed by atoms with Gasteiger partial charge in [-0.3, -0.25) is 10.1 Å². The molecule has 1 heterocycles. The third kappa shape index (κ3) is 5.15. The van der Waals surface area contributed by atoms with E-state index < -0.39 is 0 Å². The summed E-state index contributed by atoms with van der Waals surface area (Å²) in [5.74, 6) is 1.34. The number of carbonyl (C=O) groups is 1. The van der Waals surface area contributed by atoms with Gasteiger partial charge in [-0.2, -0.15) is 0 Å². The first-order chi connectivity index (χ1) is 13.9. The highest BCUT2D eigenvalue weighted by molar-refractivity contribution is 7.16. The van der Waals surface area contributed by atoms with Crippen LogP contribution in [0.2, 0.25) is 0 Å². The van der Waals surface area contributed by atoms with E-state index in [1.54, 1.807) is 0 Å². The molecule has 3 rings (SSSR count). The van der Waals surface area contributed by atoms with Gasteiger partial charge in [0.05, 0.1) is 12.3 Å². The first-order valence-corrected chi connectivity index (χ1v) is 10.4. The van der Waals surface area contributed by atoms with Crippen molar-refractivity contribution in [2.24, 2.45) is 0 Å². The molecular weight excluding hydrogens is 384 g/mol. The highest BCUT2D eigenvalue weighted by Gasteiger charge is 2.13. The van der Waals surface area contributed by atoms with Gasteiger partial charge in [-0.25, -0.2) is 4.98 Å². The molecule has 5 nitrogen and oxygen atoms in total. The van der Waals surface area contributed by atoms with E-state index in [2.05, 4.69) is 16.4 Å². The summed E-state index contributed by atoms with van der Waals surface area (Å²) in [7, 11) is 0. The van der Waals surface area contributed by atoms with Crippen molar-refractivity contribution in [2.45, 2.75) is 34.6 Å². The monoisotopic (exact) mass is 410 g/mol. The van der Waals surface area contributed by atoms with Crippen molar-refractivity contribution < 1.29 is 14.3 Å². The third-order valence-electron chi connectivity index (χ3n) is 4.60. The molecular formula is C23H26N2O3S. The number of thiazole rings is 1. The fraction of sp³-hybridized carbons (Fsp3) is 0.304. The van der Waals surface area contributed by atoms with Crippen molar-refractivity contribution in [2.75, 3.05) is 18.5 Å². The van der Waals surface area contributed by atoms with E-state index >= 15 is 0 Å². The maximum Gasteiger partial charge on any atom is 0.264 e. The van der Waals surface area contributed by atoms with Crippen LogP contribution >= 0.6 is 11.3 Å². The van der Waals surface area contributed by atoms with Crippen LogP contribution < -0.4 is 14.8 Å². The van der Waals surface area contributed by atoms with Crippen molar-refractivity contribution in [3.8, 4) is 22.8 Å². The standard InChI is InChI=1S/C23H26N2O3S/c1-6-27-19-9-7-18(8-10-19)22-17(5)29-23(25-22)24-21(26)13-28-20-12-14(2)11-15(3)16(20)4/h7-12H,6,13H2,1-5H3,(H,24,25,26). The van der Waals surface area contributed by atoms with Crippen LogP contribution in [-0.2, 0) is 4.79 Å². The molecule has 0 bridgehead atoms. The van der Waals surface area contributed by atoms with Crippen LogP contribution in [0.5, 0.6) is 11.5 Å². The Bertz CT molecular complexity index is 1010. The van der Waals surface area contributed by atoms with Crippen molar-refractivity contribution in [3.05, 3.63) is 58.0 Å². The van der Waals surface area contributed by atoms with Gasteiger partial charge in [-0.15, -0.1) is 11.3 Å². The Morgan fingerprint density at radius 3 is 2.48 bits per heavy atom. The molecule has 0 aliphatic rings. The highest BCUT2D eigenvalue weighted by atomic mass is 32.1. The highest BCUT2D eigenvalue weighted by Crippen LogP contribution is 2.31. The van der Waals surface area contributed by atoms with Gasteiger partial charge in [-0.05, 0) is 81.6 Å². The minimum atomic E-state index is -0.226. The molecule has 0 saturated heterocycles. The first-order valence-electron chi connectivity index (χ1n) is 9.58. The molecule has 6 heteroatoms. The molecule has 0 unspecified atom stereocenters. The number of amides is 1. The Labute approximate surface area is 175 Å². The normalized spacial score (nSPS) is 10.7. The number of rotatable bonds is 7. The molecule has 1 amide bonds. The maximum absolute atomic E-state index is 12.4. The van der Waals surface area contributed by atoms with Crippen LogP contribution in [0.15, 0.2) is 36.4 Å². The zero-order chi connectivity index (χ0) is 21.0. The van der Waals surface area contributed by atoms with E-state index in [4.69, 9.17) is 9.47 Å². The summed E-state index contributed by atoms with van der Waals surface area (Å²) in [4.78, 5) is 18.0. The van der Waals surface area contributed by atoms with E-state index in [1.165, 1.54) is 11.3 Å². The number of carbonyl (C=O) groups excluding carboxylic acids is 1. The van der Waals surface area contributed by atoms with Crippen molar-refractivity contribution in [1.82, 2.24) is 4.98 Å². The molecule has 1 N–H and O–H groups in total. The molecule has 0 aliphatic heterocycles. The molecule has 0 aliphatic carbocycles. The second-order valence-electron chi connectivity index (χ2n) is 6.92. The second-order valence-corrected chi connectivity index (χ2v) is 8.13. The Hall–Kier alpha value is -2.86. The van der Waals surface area contributed by atoms with E-state index in [0.29, 0.717) is 11.7 Å². The molecule has 2 aromatic carbocycles. The minimum Gasteiger partial charge on any atom is -0.494 e. The minimum absolute atomic E-state index is 0.0548. The lowest BCUT2D eigenvalue weighted by molar-refractivity contribution is -0.118. The summed E-state index contributed by atoms with van der Waals surface area (Å²) in [6.07, 6.45) is 0. The summed E-state index contributed by atoms with van der Waals surface area (Å²) in [6, 6.07) is 11.9. The van der Waals surface area contributed by atoms with Crippen LogP contribution in [0.3, 0.4) is 0 Å². The Morgan fingerprint density at radius 2 is 1.79 bits per heavy atom. The number of nitrogens with one attached hydrogen (secondary N) is 1. The van der Waals surface area contributed by atoms with Gasteiger partial charge in [0.2, 0.25) is 0 Å². The van der Waals surface area contributed by atoms with Gasteiger partial charge in [0, 0.05) is 10.4 Å². The smallest absolute Gasteiger partial charge is 0.264 e. The third-order valence-corrected chi connectivity index (χ3v) is 5.49. The quantitative estimate of drug-likeness (QED) is 0.562. The van der Waals surface area contributed by atoms with Crippen LogP contribution in [0.25, 0.3) is 11.3 Å². The average Bonchev–Trinajstić information content (AvgIpc) is 3.04. The molecule has 0 atom stereocenters. The van der Waals surface area contributed by atoms with E-state index in [1.807, 2.05) is 65.0 Å². The molecule has 3 aromatic rings. The summed E-state index contributed by atoms with van der Waals surface area (Å²) < 4.78 is 11.2. The van der Waals surface area contributed by atoms with Gasteiger partial charge >= 0.3 is 0 Å². The molecule has 0 saturated carbocycles. The number of hydrogen-bond donors (Lipinski definition) is 1. The van der Waals surface area contributed by atoms with Crippen LogP contribution in [-0.4, -0.2) is 24.1 Å². The van der Waals surface area contributed by atoms with Crippen LogP contribution in [0.1, 0.15) is 28.5 Å². The Kier molecular flexibility index (Phi) is 6.54. The number of anilines is 1. The summed E-state index contributed by atoms with van der Waals surface area (Å²) in [5.41, 5.74) is 5.16. The van der Waals surface area contributed by atoms with Crippen molar-refractivity contribution in [3.63, 3.8) is 0 Å². The van der Waals surface area contributed by atoms with E-state index in [-0.39, 0.29) is 12.5 Å². The predicted octanol–water partition coefficient (Wildman–Crippen LogP) is 5.46. The number of hydrogen-bond acceptors (Lipinski definition) is 5. The molecule has 0 fully saturated rings. The molecule has 29 heavy (non-hydrogen) atoms. The molecule has 152 valence electrons. The second kappa shape index (κ2) is 9.09. The number of ether oxygens (including phenoxy) is 2. The van der Waals surface area contributed by atoms with Crippen molar-refractivity contribution in [1.29, 1.82) is 0 Å². The van der Waals surface area contributed by atoms with Gasteiger partial charge in [0.15, 0.2) is 11.7 Å². The van der Waals surface area contributed by atoms with Crippen LogP contribution in [0, 0.1) is 27.7 Å². The van der Waals surface area contributed by atoms with Gasteiger partial charge in [0.1, 0.15) is 11.5 Å². The zero-order valence-corrected chi connectivity index (χ0v) is 18.3. The van der Waals surface area contributed by atoms with Crippen LogP contribution in [0.4, 0.5) is 5.13 Å². The SMILES string of the molecule is CCOc1ccc(-c2nc(NC(=O)COc3cc(C)cc(C)c3C)sc2C)cc1. The molecule has 1 aromatic heterocycles. The summed E-state index contributed by atoms with van der Waals surface area (Å²) >= 11 is 1.45. The Balaban J connectivity index is 1.65. The maximum atomic E-state index is 12.4. The predicted molar refractivity (Wildman–Crippen MR) is 118 cm³/mol. The summed E-state index contributed by atoms with van der Waals surface area (Å²) in [5, 5.41) is 3.41. The number of benzene rings is 2. The van der Waals surface area contributed by atoms with Gasteiger partial charge < -0.3 is 9.47 Å². The molecule has 0 radical (unpaired) electrons. The van der Waals surface area contributed by atoms with Gasteiger partial charge in [-0.1, -0.05) is 6.07 Å². The lowest BCUT2D eigenvalue weighted by atomic mass is 10.1. The van der Waals surface area contributed by atoms with Gasteiger partial charge in [0.25, 0.3) is 5.91 Å². The fourth-order valence-corrected chi connectivity index (χ4v) is 3.89. The number of nitrogens with zero attached hydrogens (tertiary/aromatic N) is 1. The van der Waals surface area contributed by atoms with E-state index in [0.717, 1.165) is 44.3 Å². The lowest BCUT2D eigenvalue weighted by Crippen LogP contribution is -2.20. The molecule has 0 spiro atoms. The number of aryl methyl sites for hydroxylation is 3. The zero-order valence-electron chi connectivity index (χ0n) is 17.5. The summed E-state index contributed by atoms with van der Waals surface area (Å²) in [6.45, 7) is 10.6.